The molecule has 0 spiro atoms. The van der Waals surface area contributed by atoms with Gasteiger partial charge in [0.1, 0.15) is 6.54 Å². The number of nitro benzene ring substituents is 1. The van der Waals surface area contributed by atoms with Gasteiger partial charge in [-0.3, -0.25) is 19.7 Å². The Kier molecular flexibility index (Phi) is 4.88. The number of fused-ring (bicyclic) bond motifs is 1. The van der Waals surface area contributed by atoms with Gasteiger partial charge in [-0.15, -0.1) is 0 Å². The third-order valence-electron chi connectivity index (χ3n) is 3.57. The number of nitrogens with one attached hydrogen (secondary N) is 1. The van der Waals surface area contributed by atoms with Crippen LogP contribution in [-0.2, 0) is 11.3 Å². The Hall–Kier alpha value is -2.97. The van der Waals surface area contributed by atoms with Crippen LogP contribution in [0, 0.1) is 10.1 Å². The number of nitrogens with zero attached hydrogens (tertiary/aromatic N) is 3. The van der Waals surface area contributed by atoms with Crippen LogP contribution in [0.1, 0.15) is 0 Å². The molecule has 3 rings (SSSR count). The van der Waals surface area contributed by atoms with Gasteiger partial charge in [-0.2, -0.15) is 4.98 Å². The maximum atomic E-state index is 12.3. The van der Waals surface area contributed by atoms with Gasteiger partial charge in [0.2, 0.25) is 5.91 Å². The molecule has 0 bridgehead atoms. The predicted octanol–water partition coefficient (Wildman–Crippen LogP) is 3.25. The maximum absolute atomic E-state index is 12.3. The molecule has 1 amide bonds. The van der Waals surface area contributed by atoms with Crippen LogP contribution in [0.25, 0.3) is 10.9 Å². The first-order valence-electron chi connectivity index (χ1n) is 7.23. The molecule has 8 nitrogen and oxygen atoms in total. The summed E-state index contributed by atoms with van der Waals surface area (Å²) in [6.45, 7) is -0.155. The quantitative estimate of drug-likeness (QED) is 0.541. The highest BCUT2D eigenvalue weighted by Gasteiger charge is 2.13. The molecule has 2 aromatic carbocycles. The number of non-ortho nitro benzene ring substituents is 1. The van der Waals surface area contributed by atoms with E-state index in [1.807, 2.05) is 0 Å². The van der Waals surface area contributed by atoms with Gasteiger partial charge < -0.3 is 9.88 Å². The number of rotatable bonds is 4. The lowest BCUT2D eigenvalue weighted by Crippen LogP contribution is -2.21. The minimum Gasteiger partial charge on any atom is -0.323 e. The summed E-state index contributed by atoms with van der Waals surface area (Å²) in [5.74, 6) is -0.451. The van der Waals surface area contributed by atoms with Crippen LogP contribution in [0.2, 0.25) is 10.0 Å². The monoisotopic (exact) mass is 392 g/mol. The number of nitro groups is 1. The van der Waals surface area contributed by atoms with Crippen molar-refractivity contribution < 1.29 is 9.72 Å². The lowest BCUT2D eigenvalue weighted by atomic mass is 10.2. The fourth-order valence-electron chi connectivity index (χ4n) is 2.37. The number of aromatic nitrogens is 2. The second-order valence-electron chi connectivity index (χ2n) is 5.31. The zero-order valence-electron chi connectivity index (χ0n) is 13.0. The Bertz CT molecular complexity index is 1100. The highest BCUT2D eigenvalue weighted by Crippen LogP contribution is 2.26. The highest BCUT2D eigenvalue weighted by molar-refractivity contribution is 6.34. The van der Waals surface area contributed by atoms with Crippen LogP contribution in [0.4, 0.5) is 11.4 Å². The van der Waals surface area contributed by atoms with Crippen LogP contribution < -0.4 is 10.9 Å². The highest BCUT2D eigenvalue weighted by atomic mass is 35.5. The first-order chi connectivity index (χ1) is 12.3. The minimum absolute atomic E-state index is 0.0403. The number of halogens is 2. The molecule has 1 aromatic heterocycles. The zero-order valence-corrected chi connectivity index (χ0v) is 14.5. The summed E-state index contributed by atoms with van der Waals surface area (Å²) in [5.41, 5.74) is 0.0889. The number of hydrogen-bond acceptors (Lipinski definition) is 5. The van der Waals surface area contributed by atoms with Crippen LogP contribution in [0.5, 0.6) is 0 Å². The van der Waals surface area contributed by atoms with Crippen molar-refractivity contribution in [1.82, 2.24) is 9.55 Å². The van der Waals surface area contributed by atoms with Crippen LogP contribution in [0.15, 0.2) is 47.5 Å². The van der Waals surface area contributed by atoms with Gasteiger partial charge in [0.15, 0.2) is 0 Å². The molecule has 10 heteroatoms. The largest absolute Gasteiger partial charge is 0.323 e. The molecule has 0 radical (unpaired) electrons. The van der Waals surface area contributed by atoms with Crippen molar-refractivity contribution in [3.05, 3.63) is 73.2 Å². The number of benzene rings is 2. The molecule has 0 fully saturated rings. The van der Waals surface area contributed by atoms with E-state index in [4.69, 9.17) is 23.2 Å². The van der Waals surface area contributed by atoms with Gasteiger partial charge in [-0.25, -0.2) is 0 Å². The van der Waals surface area contributed by atoms with Gasteiger partial charge in [0, 0.05) is 17.2 Å². The molecule has 0 saturated carbocycles. The molecule has 3 aromatic rings. The fraction of sp³-hybridized carbons (Fsp3) is 0.0625. The summed E-state index contributed by atoms with van der Waals surface area (Å²) >= 11 is 11.9. The van der Waals surface area contributed by atoms with E-state index in [0.29, 0.717) is 15.9 Å². The first-order valence-corrected chi connectivity index (χ1v) is 7.99. The Morgan fingerprint density at radius 3 is 2.69 bits per heavy atom. The normalized spacial score (nSPS) is 10.7. The Balaban J connectivity index is 1.86. The van der Waals surface area contributed by atoms with E-state index in [2.05, 4.69) is 10.3 Å². The van der Waals surface area contributed by atoms with Gasteiger partial charge in [0.05, 0.1) is 32.9 Å². The van der Waals surface area contributed by atoms with E-state index in [1.165, 1.54) is 29.1 Å². The lowest BCUT2D eigenvalue weighted by molar-refractivity contribution is -0.384. The molecule has 0 saturated heterocycles. The van der Waals surface area contributed by atoms with E-state index in [-0.39, 0.29) is 22.9 Å². The van der Waals surface area contributed by atoms with E-state index in [0.717, 1.165) is 6.07 Å². The predicted molar refractivity (Wildman–Crippen MR) is 97.7 cm³/mol. The van der Waals surface area contributed by atoms with Crippen molar-refractivity contribution in [1.29, 1.82) is 0 Å². The number of hydrogen-bond donors (Lipinski definition) is 1. The average molecular weight is 393 g/mol. The Morgan fingerprint density at radius 2 is 2.00 bits per heavy atom. The molecular weight excluding hydrogens is 383 g/mol. The average Bonchev–Trinajstić information content (AvgIpc) is 2.59. The first kappa shape index (κ1) is 17.8. The number of carbonyl (C=O) groups is 1. The second kappa shape index (κ2) is 7.11. The maximum Gasteiger partial charge on any atom is 0.280 e. The SMILES string of the molecule is O=C(Cn1cnc(=O)c2ccc(Cl)cc21)Nc1ccc([N+](=O)[O-])cc1Cl. The van der Waals surface area contributed by atoms with Crippen molar-refractivity contribution in [2.45, 2.75) is 6.54 Å². The van der Waals surface area contributed by atoms with Crippen LogP contribution in [-0.4, -0.2) is 20.4 Å². The summed E-state index contributed by atoms with van der Waals surface area (Å²) < 4.78 is 1.47. The lowest BCUT2D eigenvalue weighted by Gasteiger charge is -2.11. The van der Waals surface area contributed by atoms with Gasteiger partial charge in [-0.05, 0) is 24.3 Å². The molecule has 0 aliphatic heterocycles. The minimum atomic E-state index is -0.584. The van der Waals surface area contributed by atoms with Crippen LogP contribution >= 0.6 is 23.2 Å². The Labute approximate surface area is 156 Å². The Morgan fingerprint density at radius 1 is 1.23 bits per heavy atom. The van der Waals surface area contributed by atoms with E-state index in [1.54, 1.807) is 12.1 Å². The fourth-order valence-corrected chi connectivity index (χ4v) is 2.75. The van der Waals surface area contributed by atoms with Crippen molar-refractivity contribution >= 4 is 51.4 Å². The van der Waals surface area contributed by atoms with Crippen molar-refractivity contribution in [3.63, 3.8) is 0 Å². The summed E-state index contributed by atoms with van der Waals surface area (Å²) in [6, 6.07) is 8.39. The summed E-state index contributed by atoms with van der Waals surface area (Å²) in [5, 5.41) is 14.1. The summed E-state index contributed by atoms with van der Waals surface area (Å²) in [7, 11) is 0. The molecular formula is C16H10Cl2N4O4. The van der Waals surface area contributed by atoms with Crippen molar-refractivity contribution in [2.75, 3.05) is 5.32 Å². The molecule has 0 aliphatic carbocycles. The molecule has 1 heterocycles. The standard InChI is InChI=1S/C16H10Cl2N4O4/c17-9-1-3-11-14(5-9)21(8-19-16(11)24)7-15(23)20-13-4-2-10(22(25)26)6-12(13)18/h1-6,8H,7H2,(H,20,23). The summed E-state index contributed by atoms with van der Waals surface area (Å²) in [4.78, 5) is 38.0. The third-order valence-corrected chi connectivity index (χ3v) is 4.11. The number of amides is 1. The molecule has 0 atom stereocenters. The van der Waals surface area contributed by atoms with Crippen molar-refractivity contribution in [3.8, 4) is 0 Å². The topological polar surface area (TPSA) is 107 Å². The van der Waals surface area contributed by atoms with Gasteiger partial charge >= 0.3 is 0 Å². The number of carbonyl (C=O) groups excluding carboxylic acids is 1. The smallest absolute Gasteiger partial charge is 0.280 e. The van der Waals surface area contributed by atoms with E-state index >= 15 is 0 Å². The molecule has 26 heavy (non-hydrogen) atoms. The third kappa shape index (κ3) is 3.66. The van der Waals surface area contributed by atoms with E-state index in [9.17, 15) is 19.7 Å². The second-order valence-corrected chi connectivity index (χ2v) is 6.15. The molecule has 132 valence electrons. The molecule has 0 unspecified atom stereocenters. The van der Waals surface area contributed by atoms with Gasteiger partial charge in [0.25, 0.3) is 11.2 Å². The number of anilines is 1. The van der Waals surface area contributed by atoms with Crippen molar-refractivity contribution in [2.24, 2.45) is 0 Å². The van der Waals surface area contributed by atoms with E-state index < -0.39 is 16.4 Å². The zero-order chi connectivity index (χ0) is 18.8. The van der Waals surface area contributed by atoms with Gasteiger partial charge in [-0.1, -0.05) is 23.2 Å². The summed E-state index contributed by atoms with van der Waals surface area (Å²) in [6.07, 6.45) is 1.25. The van der Waals surface area contributed by atoms with Crippen LogP contribution in [0.3, 0.4) is 0 Å². The molecule has 0 aliphatic rings. The molecule has 1 N–H and O–H groups in total.